The summed E-state index contributed by atoms with van der Waals surface area (Å²) < 4.78 is 59.7. The van der Waals surface area contributed by atoms with Gasteiger partial charge in [0.25, 0.3) is 15.9 Å². The van der Waals surface area contributed by atoms with Crippen LogP contribution in [-0.2, 0) is 24.7 Å². The predicted octanol–water partition coefficient (Wildman–Crippen LogP) is 4.69. The van der Waals surface area contributed by atoms with Gasteiger partial charge >= 0.3 is 0 Å². The standard InChI is InChI=1S/C26H19ClN2O6S2/c27-20-8-3-4-11-23(20)37(33,34)29-25(30)16-35-22-10-5-9-21-26(22)24(15-28-21)36(31,32)19-13-12-17-6-1-2-7-18(17)14-19/h1-15,28H,16H2,(H,29,30). The minimum atomic E-state index is -4.23. The lowest BCUT2D eigenvalue weighted by atomic mass is 10.1. The van der Waals surface area contributed by atoms with Crippen molar-refractivity contribution in [3.63, 3.8) is 0 Å². The summed E-state index contributed by atoms with van der Waals surface area (Å²) in [5.74, 6) is -0.852. The molecule has 1 heterocycles. The second-order valence-corrected chi connectivity index (χ2v) is 12.1. The van der Waals surface area contributed by atoms with Gasteiger partial charge in [-0.2, -0.15) is 0 Å². The number of halogens is 1. The molecule has 0 saturated heterocycles. The van der Waals surface area contributed by atoms with E-state index < -0.39 is 32.4 Å². The first-order valence-corrected chi connectivity index (χ1v) is 14.3. The molecule has 0 aliphatic rings. The highest BCUT2D eigenvalue weighted by atomic mass is 35.5. The Bertz CT molecular complexity index is 1880. The zero-order valence-electron chi connectivity index (χ0n) is 19.0. The van der Waals surface area contributed by atoms with Crippen LogP contribution >= 0.6 is 11.6 Å². The van der Waals surface area contributed by atoms with Crippen molar-refractivity contribution < 1.29 is 26.4 Å². The molecule has 2 N–H and O–H groups in total. The zero-order chi connectivity index (χ0) is 26.2. The van der Waals surface area contributed by atoms with Gasteiger partial charge in [0.2, 0.25) is 9.84 Å². The predicted molar refractivity (Wildman–Crippen MR) is 140 cm³/mol. The van der Waals surface area contributed by atoms with E-state index in [1.54, 1.807) is 30.3 Å². The summed E-state index contributed by atoms with van der Waals surface area (Å²) in [4.78, 5) is 15.2. The smallest absolute Gasteiger partial charge is 0.271 e. The molecule has 5 aromatic rings. The van der Waals surface area contributed by atoms with E-state index in [-0.39, 0.29) is 30.8 Å². The van der Waals surface area contributed by atoms with Crippen LogP contribution < -0.4 is 9.46 Å². The maximum Gasteiger partial charge on any atom is 0.271 e. The van der Waals surface area contributed by atoms with E-state index in [9.17, 15) is 21.6 Å². The summed E-state index contributed by atoms with van der Waals surface area (Å²) in [6.45, 7) is -0.677. The van der Waals surface area contributed by atoms with Gasteiger partial charge in [-0.05, 0) is 47.2 Å². The summed E-state index contributed by atoms with van der Waals surface area (Å²) in [5.41, 5.74) is 0.473. The number of nitrogens with one attached hydrogen (secondary N) is 2. The molecule has 0 saturated carbocycles. The monoisotopic (exact) mass is 554 g/mol. The highest BCUT2D eigenvalue weighted by Gasteiger charge is 2.25. The van der Waals surface area contributed by atoms with E-state index >= 15 is 0 Å². The van der Waals surface area contributed by atoms with Crippen LogP contribution in [0, 0.1) is 0 Å². The van der Waals surface area contributed by atoms with Crippen LogP contribution in [0.2, 0.25) is 5.02 Å². The Morgan fingerprint density at radius 1 is 0.838 bits per heavy atom. The summed E-state index contributed by atoms with van der Waals surface area (Å²) in [5, 5.41) is 1.89. The molecule has 0 radical (unpaired) electrons. The van der Waals surface area contributed by atoms with Crippen LogP contribution in [0.3, 0.4) is 0 Å². The van der Waals surface area contributed by atoms with Gasteiger partial charge in [-0.25, -0.2) is 21.6 Å². The van der Waals surface area contributed by atoms with Gasteiger partial charge in [-0.1, -0.05) is 60.1 Å². The highest BCUT2D eigenvalue weighted by Crippen LogP contribution is 2.35. The number of hydrogen-bond donors (Lipinski definition) is 2. The van der Waals surface area contributed by atoms with Gasteiger partial charge in [-0.3, -0.25) is 4.79 Å². The van der Waals surface area contributed by atoms with Crippen molar-refractivity contribution in [2.24, 2.45) is 0 Å². The molecule has 0 bridgehead atoms. The highest BCUT2D eigenvalue weighted by molar-refractivity contribution is 7.91. The maximum atomic E-state index is 13.6. The number of carbonyl (C=O) groups excluding carboxylic acids is 1. The number of benzene rings is 4. The lowest BCUT2D eigenvalue weighted by Crippen LogP contribution is -2.34. The Morgan fingerprint density at radius 3 is 2.35 bits per heavy atom. The second kappa shape index (κ2) is 9.55. The van der Waals surface area contributed by atoms with Crippen LogP contribution in [0.25, 0.3) is 21.7 Å². The second-order valence-electron chi connectivity index (χ2n) is 8.09. The Morgan fingerprint density at radius 2 is 1.57 bits per heavy atom. The normalized spacial score (nSPS) is 12.0. The molecule has 1 amide bonds. The quantitative estimate of drug-likeness (QED) is 0.301. The van der Waals surface area contributed by atoms with Crippen LogP contribution in [-0.4, -0.2) is 34.3 Å². The number of fused-ring (bicyclic) bond motifs is 2. The first kappa shape index (κ1) is 24.8. The Hall–Kier alpha value is -3.86. The lowest BCUT2D eigenvalue weighted by Gasteiger charge is -2.11. The number of aromatic amines is 1. The number of sulfone groups is 1. The molecule has 8 nitrogen and oxygen atoms in total. The van der Waals surface area contributed by atoms with Gasteiger partial charge in [0.1, 0.15) is 15.5 Å². The van der Waals surface area contributed by atoms with Crippen molar-refractivity contribution in [2.45, 2.75) is 14.7 Å². The van der Waals surface area contributed by atoms with Gasteiger partial charge in [0.15, 0.2) is 6.61 Å². The van der Waals surface area contributed by atoms with Crippen molar-refractivity contribution in [1.29, 1.82) is 0 Å². The van der Waals surface area contributed by atoms with E-state index in [1.165, 1.54) is 36.5 Å². The minimum Gasteiger partial charge on any atom is -0.483 e. The molecule has 0 unspecified atom stereocenters. The van der Waals surface area contributed by atoms with E-state index in [0.717, 1.165) is 10.8 Å². The van der Waals surface area contributed by atoms with Crippen molar-refractivity contribution in [3.05, 3.63) is 96.1 Å². The van der Waals surface area contributed by atoms with E-state index in [4.69, 9.17) is 16.3 Å². The third-order valence-corrected chi connectivity index (χ3v) is 9.33. The maximum absolute atomic E-state index is 13.6. The number of amides is 1. The summed E-state index contributed by atoms with van der Waals surface area (Å²) in [6.07, 6.45) is 1.37. The van der Waals surface area contributed by atoms with Gasteiger partial charge < -0.3 is 9.72 Å². The zero-order valence-corrected chi connectivity index (χ0v) is 21.4. The number of carbonyl (C=O) groups is 1. The topological polar surface area (TPSA) is 122 Å². The van der Waals surface area contributed by atoms with Crippen molar-refractivity contribution in [1.82, 2.24) is 9.71 Å². The fourth-order valence-corrected chi connectivity index (χ4v) is 6.92. The molecule has 11 heteroatoms. The molecular formula is C26H19ClN2O6S2. The van der Waals surface area contributed by atoms with E-state index in [0.29, 0.717) is 5.52 Å². The minimum absolute atomic E-state index is 0.0301. The van der Waals surface area contributed by atoms with Gasteiger partial charge in [0, 0.05) is 6.20 Å². The average molecular weight is 555 g/mol. The fourth-order valence-electron chi connectivity index (χ4n) is 3.96. The van der Waals surface area contributed by atoms with Crippen LogP contribution in [0.1, 0.15) is 0 Å². The number of sulfonamides is 1. The summed E-state index contributed by atoms with van der Waals surface area (Å²) in [6, 6.07) is 22.8. The van der Waals surface area contributed by atoms with Crippen molar-refractivity contribution >= 4 is 59.0 Å². The third kappa shape index (κ3) is 4.78. The molecule has 0 fully saturated rings. The molecule has 0 atom stereocenters. The Kier molecular flexibility index (Phi) is 6.40. The largest absolute Gasteiger partial charge is 0.483 e. The number of ether oxygens (including phenoxy) is 1. The molecule has 5 rings (SSSR count). The first-order valence-electron chi connectivity index (χ1n) is 10.9. The summed E-state index contributed by atoms with van der Waals surface area (Å²) >= 11 is 5.94. The molecule has 4 aromatic carbocycles. The van der Waals surface area contributed by atoms with E-state index in [2.05, 4.69) is 4.98 Å². The Balaban J connectivity index is 1.43. The third-order valence-electron chi connectivity index (χ3n) is 5.69. The fraction of sp³-hybridized carbons (Fsp3) is 0.0385. The van der Waals surface area contributed by atoms with E-state index in [1.807, 2.05) is 29.0 Å². The van der Waals surface area contributed by atoms with Gasteiger partial charge in [0.05, 0.1) is 20.8 Å². The van der Waals surface area contributed by atoms with Crippen LogP contribution in [0.15, 0.2) is 106 Å². The van der Waals surface area contributed by atoms with Crippen molar-refractivity contribution in [3.8, 4) is 5.75 Å². The summed E-state index contributed by atoms with van der Waals surface area (Å²) in [7, 11) is -8.19. The molecule has 1 aromatic heterocycles. The molecule has 188 valence electrons. The van der Waals surface area contributed by atoms with Gasteiger partial charge in [-0.15, -0.1) is 0 Å². The SMILES string of the molecule is O=C(COc1cccc2[nH]cc(S(=O)(=O)c3ccc4ccccc4c3)c12)NS(=O)(=O)c1ccccc1Cl. The molecule has 0 aliphatic carbocycles. The number of rotatable bonds is 7. The average Bonchev–Trinajstić information content (AvgIpc) is 3.33. The number of aromatic nitrogens is 1. The molecular weight excluding hydrogens is 536 g/mol. The van der Waals surface area contributed by atoms with Crippen molar-refractivity contribution in [2.75, 3.05) is 6.61 Å². The molecule has 0 aliphatic heterocycles. The first-order chi connectivity index (χ1) is 17.7. The number of H-pyrrole nitrogens is 1. The molecule has 0 spiro atoms. The lowest BCUT2D eigenvalue weighted by molar-refractivity contribution is -0.121. The number of hydrogen-bond acceptors (Lipinski definition) is 6. The van der Waals surface area contributed by atoms with Crippen LogP contribution in [0.5, 0.6) is 5.75 Å². The molecule has 37 heavy (non-hydrogen) atoms. The van der Waals surface area contributed by atoms with Crippen LogP contribution in [0.4, 0.5) is 0 Å². The Labute approximate surface area is 217 Å².